The van der Waals surface area contributed by atoms with Crippen molar-refractivity contribution in [3.05, 3.63) is 35.4 Å². The molecule has 3 heteroatoms. The van der Waals surface area contributed by atoms with Crippen LogP contribution in [0.15, 0.2) is 18.2 Å². The molecule has 29 heavy (non-hydrogen) atoms. The molecule has 1 unspecified atom stereocenters. The van der Waals surface area contributed by atoms with Crippen LogP contribution in [0.2, 0.25) is 0 Å². The molecule has 1 aromatic carbocycles. The zero-order valence-electron chi connectivity index (χ0n) is 18.3. The zero-order chi connectivity index (χ0) is 20.6. The summed E-state index contributed by atoms with van der Waals surface area (Å²) in [4.78, 5) is 0. The molecule has 0 saturated heterocycles. The van der Waals surface area contributed by atoms with Crippen molar-refractivity contribution in [1.29, 1.82) is 0 Å². The van der Waals surface area contributed by atoms with Gasteiger partial charge < -0.3 is 4.74 Å². The maximum atomic E-state index is 14.7. The van der Waals surface area contributed by atoms with Crippen LogP contribution in [0.5, 0.6) is 5.75 Å². The molecule has 1 nitrogen and oxygen atoms in total. The predicted molar refractivity (Wildman–Crippen MR) is 117 cm³/mol. The van der Waals surface area contributed by atoms with Gasteiger partial charge in [-0.3, -0.25) is 0 Å². The van der Waals surface area contributed by atoms with Crippen molar-refractivity contribution >= 4 is 5.57 Å². The SMILES string of the molecule is CCCCCOc1ccc(C2=CCC(C3CCC(CCC)CC3)CC2)c(F)c1F. The standard InChI is InChI=1S/C26H38F2O/c1-3-5-6-18-29-24-17-16-23(25(27)26(24)28)22-14-12-21(13-15-22)20-10-8-19(7-4-2)9-11-20/h14,16-17,19-21H,3-13,15,18H2,1-2H3. The lowest BCUT2D eigenvalue weighted by atomic mass is 9.70. The molecule has 1 fully saturated rings. The van der Waals surface area contributed by atoms with Crippen LogP contribution in [0, 0.1) is 29.4 Å². The minimum absolute atomic E-state index is 0.0421. The number of benzene rings is 1. The normalized spacial score (nSPS) is 25.0. The summed E-state index contributed by atoms with van der Waals surface area (Å²) in [7, 11) is 0. The van der Waals surface area contributed by atoms with Gasteiger partial charge in [0.2, 0.25) is 5.82 Å². The van der Waals surface area contributed by atoms with Crippen LogP contribution in [0.1, 0.15) is 96.5 Å². The van der Waals surface area contributed by atoms with Crippen LogP contribution in [0.25, 0.3) is 5.57 Å². The summed E-state index contributed by atoms with van der Waals surface area (Å²) in [5, 5.41) is 0. The van der Waals surface area contributed by atoms with Gasteiger partial charge in [0.1, 0.15) is 0 Å². The van der Waals surface area contributed by atoms with Gasteiger partial charge in [0, 0.05) is 5.56 Å². The molecule has 0 aromatic heterocycles. The van der Waals surface area contributed by atoms with E-state index < -0.39 is 11.6 Å². The molecule has 0 N–H and O–H groups in total. The first kappa shape index (κ1) is 22.3. The highest BCUT2D eigenvalue weighted by molar-refractivity contribution is 5.67. The van der Waals surface area contributed by atoms with E-state index in [2.05, 4.69) is 19.9 Å². The van der Waals surface area contributed by atoms with Gasteiger partial charge in [0.15, 0.2) is 11.6 Å². The van der Waals surface area contributed by atoms with Gasteiger partial charge in [-0.25, -0.2) is 4.39 Å². The highest BCUT2D eigenvalue weighted by atomic mass is 19.2. The summed E-state index contributed by atoms with van der Waals surface area (Å²) in [5.41, 5.74) is 1.39. The maximum absolute atomic E-state index is 14.7. The Morgan fingerprint density at radius 2 is 1.69 bits per heavy atom. The largest absolute Gasteiger partial charge is 0.490 e. The summed E-state index contributed by atoms with van der Waals surface area (Å²) in [5.74, 6) is 0.932. The first-order valence-corrected chi connectivity index (χ1v) is 11.9. The summed E-state index contributed by atoms with van der Waals surface area (Å²) in [6.07, 6.45) is 16.3. The third kappa shape index (κ3) is 5.83. The van der Waals surface area contributed by atoms with Crippen molar-refractivity contribution in [3.63, 3.8) is 0 Å². The van der Waals surface area contributed by atoms with Crippen molar-refractivity contribution in [3.8, 4) is 5.75 Å². The van der Waals surface area contributed by atoms with Gasteiger partial charge in [-0.2, -0.15) is 4.39 Å². The highest BCUT2D eigenvalue weighted by Crippen LogP contribution is 2.42. The number of allylic oxidation sites excluding steroid dienone is 2. The molecule has 0 radical (unpaired) electrons. The summed E-state index contributed by atoms with van der Waals surface area (Å²) >= 11 is 0. The van der Waals surface area contributed by atoms with Gasteiger partial charge in [-0.15, -0.1) is 0 Å². The molecule has 0 amide bonds. The number of ether oxygens (including phenoxy) is 1. The van der Waals surface area contributed by atoms with E-state index in [1.165, 1.54) is 38.5 Å². The third-order valence-corrected chi connectivity index (χ3v) is 7.10. The summed E-state index contributed by atoms with van der Waals surface area (Å²) in [6.45, 7) is 4.83. The lowest BCUT2D eigenvalue weighted by molar-refractivity contribution is 0.189. The van der Waals surface area contributed by atoms with E-state index in [9.17, 15) is 8.78 Å². The molecule has 3 rings (SSSR count). The van der Waals surface area contributed by atoms with Crippen LogP contribution in [-0.4, -0.2) is 6.61 Å². The minimum Gasteiger partial charge on any atom is -0.490 e. The Hall–Kier alpha value is -1.38. The number of hydrogen-bond donors (Lipinski definition) is 0. The van der Waals surface area contributed by atoms with Gasteiger partial charge in [-0.1, -0.05) is 58.4 Å². The Labute approximate surface area is 175 Å². The van der Waals surface area contributed by atoms with E-state index in [1.54, 1.807) is 12.1 Å². The van der Waals surface area contributed by atoms with Crippen molar-refractivity contribution in [2.45, 2.75) is 90.9 Å². The van der Waals surface area contributed by atoms with Crippen LogP contribution in [-0.2, 0) is 0 Å². The van der Waals surface area contributed by atoms with Gasteiger partial charge >= 0.3 is 0 Å². The molecular formula is C26H38F2O. The smallest absolute Gasteiger partial charge is 0.201 e. The minimum atomic E-state index is -0.837. The second kappa shape index (κ2) is 11.1. The molecule has 0 bridgehead atoms. The zero-order valence-corrected chi connectivity index (χ0v) is 18.3. The van der Waals surface area contributed by atoms with Gasteiger partial charge in [0.05, 0.1) is 6.61 Å². The van der Waals surface area contributed by atoms with Crippen LogP contribution in [0.3, 0.4) is 0 Å². The topological polar surface area (TPSA) is 9.23 Å². The number of hydrogen-bond acceptors (Lipinski definition) is 1. The molecule has 0 heterocycles. The first-order chi connectivity index (χ1) is 14.1. The van der Waals surface area contributed by atoms with Crippen LogP contribution < -0.4 is 4.74 Å². The monoisotopic (exact) mass is 404 g/mol. The lowest BCUT2D eigenvalue weighted by Gasteiger charge is -2.35. The second-order valence-corrected chi connectivity index (χ2v) is 9.13. The van der Waals surface area contributed by atoms with E-state index in [0.29, 0.717) is 12.2 Å². The van der Waals surface area contributed by atoms with Gasteiger partial charge in [0.25, 0.3) is 0 Å². The van der Waals surface area contributed by atoms with E-state index >= 15 is 0 Å². The lowest BCUT2D eigenvalue weighted by Crippen LogP contribution is -2.23. The Balaban J connectivity index is 1.57. The molecule has 2 aliphatic rings. The first-order valence-electron chi connectivity index (χ1n) is 11.9. The molecule has 1 saturated carbocycles. The second-order valence-electron chi connectivity index (χ2n) is 9.13. The van der Waals surface area contributed by atoms with Crippen LogP contribution >= 0.6 is 0 Å². The summed E-state index contributed by atoms with van der Waals surface area (Å²) in [6, 6.07) is 3.30. The maximum Gasteiger partial charge on any atom is 0.201 e. The Bertz CT molecular complexity index is 674. The Morgan fingerprint density at radius 3 is 2.34 bits per heavy atom. The molecule has 0 aliphatic heterocycles. The number of unbranched alkanes of at least 4 members (excludes halogenated alkanes) is 2. The molecular weight excluding hydrogens is 366 g/mol. The fraction of sp³-hybridized carbons (Fsp3) is 0.692. The van der Waals surface area contributed by atoms with E-state index in [1.807, 2.05) is 0 Å². The van der Waals surface area contributed by atoms with Crippen molar-refractivity contribution in [1.82, 2.24) is 0 Å². The fourth-order valence-electron chi connectivity index (χ4n) is 5.31. The fourth-order valence-corrected chi connectivity index (χ4v) is 5.31. The van der Waals surface area contributed by atoms with Crippen molar-refractivity contribution in [2.75, 3.05) is 6.61 Å². The van der Waals surface area contributed by atoms with Crippen molar-refractivity contribution in [2.24, 2.45) is 17.8 Å². The average Bonchev–Trinajstić information content (AvgIpc) is 2.75. The number of rotatable bonds is 9. The highest BCUT2D eigenvalue weighted by Gasteiger charge is 2.29. The molecule has 0 spiro atoms. The van der Waals surface area contributed by atoms with Crippen molar-refractivity contribution < 1.29 is 13.5 Å². The molecule has 162 valence electrons. The number of halogens is 2. The average molecular weight is 405 g/mol. The van der Waals surface area contributed by atoms with E-state index in [4.69, 9.17) is 4.74 Å². The van der Waals surface area contributed by atoms with E-state index in [-0.39, 0.29) is 5.75 Å². The Kier molecular flexibility index (Phi) is 8.56. The molecule has 2 aliphatic carbocycles. The molecule has 1 aromatic rings. The molecule has 1 atom stereocenters. The Morgan fingerprint density at radius 1 is 0.897 bits per heavy atom. The third-order valence-electron chi connectivity index (χ3n) is 7.10. The quantitative estimate of drug-likeness (QED) is 0.376. The van der Waals surface area contributed by atoms with E-state index in [0.717, 1.165) is 61.9 Å². The predicted octanol–water partition coefficient (Wildman–Crippen LogP) is 8.32. The summed E-state index contributed by atoms with van der Waals surface area (Å²) < 4.78 is 34.6. The van der Waals surface area contributed by atoms with Gasteiger partial charge in [-0.05, 0) is 74.0 Å². The van der Waals surface area contributed by atoms with Crippen LogP contribution in [0.4, 0.5) is 8.78 Å².